The minimum atomic E-state index is -0.495. The van der Waals surface area contributed by atoms with E-state index in [2.05, 4.69) is 15.4 Å². The van der Waals surface area contributed by atoms with Gasteiger partial charge >= 0.3 is 5.97 Å². The van der Waals surface area contributed by atoms with E-state index in [0.717, 1.165) is 5.02 Å². The van der Waals surface area contributed by atoms with Crippen molar-refractivity contribution >= 4 is 23.3 Å². The molecule has 86 valence electrons. The number of hydrogen-bond acceptors (Lipinski definition) is 5. The molecule has 0 aliphatic carbocycles. The molecule has 0 bridgehead atoms. The molecule has 1 aliphatic heterocycles. The van der Waals surface area contributed by atoms with E-state index in [-0.39, 0.29) is 11.8 Å². The van der Waals surface area contributed by atoms with Gasteiger partial charge in [-0.3, -0.25) is 0 Å². The summed E-state index contributed by atoms with van der Waals surface area (Å²) >= 11 is 5.54. The fourth-order valence-corrected chi connectivity index (χ4v) is 1.15. The van der Waals surface area contributed by atoms with Gasteiger partial charge in [0.2, 0.25) is 0 Å². The molecule has 0 spiro atoms. The zero-order valence-electron chi connectivity index (χ0n) is 8.68. The second-order valence-corrected chi connectivity index (χ2v) is 3.48. The van der Waals surface area contributed by atoms with Gasteiger partial charge in [-0.2, -0.15) is 5.10 Å². The smallest absolute Gasteiger partial charge is 0.365 e. The molecule has 3 N–H and O–H groups in total. The van der Waals surface area contributed by atoms with Crippen LogP contribution in [-0.4, -0.2) is 17.7 Å². The summed E-state index contributed by atoms with van der Waals surface area (Å²) in [7, 11) is 0. The molecule has 1 aromatic rings. The molecule has 0 radical (unpaired) electrons. The van der Waals surface area contributed by atoms with Crippen molar-refractivity contribution in [1.82, 2.24) is 5.48 Å². The van der Waals surface area contributed by atoms with Crippen molar-refractivity contribution in [3.63, 3.8) is 0 Å². The maximum absolute atomic E-state index is 10.5. The first kappa shape index (κ1) is 12.5. The molecule has 6 heteroatoms. The number of nitrogens with one attached hydrogen (secondary N) is 1. The van der Waals surface area contributed by atoms with Crippen LogP contribution in [0.3, 0.4) is 0 Å². The van der Waals surface area contributed by atoms with Crippen molar-refractivity contribution in [2.24, 2.45) is 10.9 Å². The molecule has 0 aromatic heterocycles. The summed E-state index contributed by atoms with van der Waals surface area (Å²) in [6, 6.07) is 9.25. The van der Waals surface area contributed by atoms with Crippen molar-refractivity contribution < 1.29 is 9.63 Å². The van der Waals surface area contributed by atoms with E-state index in [0.29, 0.717) is 0 Å². The van der Waals surface area contributed by atoms with E-state index < -0.39 is 5.97 Å². The molecule has 1 saturated heterocycles. The predicted octanol–water partition coefficient (Wildman–Crippen LogP) is 1.09. The third-order valence-electron chi connectivity index (χ3n) is 1.82. The fraction of sp³-hybridized carbons (Fsp3) is 0.200. The Kier molecular flexibility index (Phi) is 4.75. The van der Waals surface area contributed by atoms with Crippen molar-refractivity contribution in [2.75, 3.05) is 0 Å². The summed E-state index contributed by atoms with van der Waals surface area (Å²) < 4.78 is 0. The molecule has 5 nitrogen and oxygen atoms in total. The average Bonchev–Trinajstić information content (AvgIpc) is 2.60. The van der Waals surface area contributed by atoms with Crippen LogP contribution in [0.1, 0.15) is 6.92 Å². The van der Waals surface area contributed by atoms with Crippen LogP contribution in [0.25, 0.3) is 0 Å². The Bertz CT molecular complexity index is 381. The standard InChI is InChI=1S/C6H5Cl.C4H7N3O2/c7-6-4-2-1-3-5-6;1-2-3(6-5)4(8)9-7-2/h1-5H;2,7H,5H2,1H3. The molecule has 1 aromatic carbocycles. The van der Waals surface area contributed by atoms with Crippen LogP contribution in [0.15, 0.2) is 35.4 Å². The first-order chi connectivity index (χ1) is 7.65. The van der Waals surface area contributed by atoms with Crippen molar-refractivity contribution in [2.45, 2.75) is 13.0 Å². The lowest BCUT2D eigenvalue weighted by molar-refractivity contribution is -0.138. The Balaban J connectivity index is 0.000000165. The maximum atomic E-state index is 10.5. The Labute approximate surface area is 98.2 Å². The monoisotopic (exact) mass is 241 g/mol. The highest BCUT2D eigenvalue weighted by Gasteiger charge is 2.28. The zero-order chi connectivity index (χ0) is 12.0. The van der Waals surface area contributed by atoms with E-state index >= 15 is 0 Å². The number of benzene rings is 1. The van der Waals surface area contributed by atoms with Gasteiger partial charge in [0.25, 0.3) is 0 Å². The SMILES string of the molecule is CC1NOC(=O)C1=NN.Clc1ccccc1. The molecule has 16 heavy (non-hydrogen) atoms. The first-order valence-corrected chi connectivity index (χ1v) is 4.98. The van der Waals surface area contributed by atoms with Gasteiger partial charge in [0, 0.05) is 5.02 Å². The molecule has 1 fully saturated rings. The zero-order valence-corrected chi connectivity index (χ0v) is 9.44. The third kappa shape index (κ3) is 3.52. The first-order valence-electron chi connectivity index (χ1n) is 4.60. The quantitative estimate of drug-likeness (QED) is 0.527. The Morgan fingerprint density at radius 2 is 2.06 bits per heavy atom. The number of nitrogens with zero attached hydrogens (tertiary/aromatic N) is 1. The van der Waals surface area contributed by atoms with Crippen molar-refractivity contribution in [1.29, 1.82) is 0 Å². The van der Waals surface area contributed by atoms with E-state index in [4.69, 9.17) is 17.4 Å². The van der Waals surface area contributed by atoms with Crippen LogP contribution in [0.4, 0.5) is 0 Å². The van der Waals surface area contributed by atoms with Gasteiger partial charge in [0.05, 0.1) is 6.04 Å². The number of halogens is 1. The summed E-state index contributed by atoms with van der Waals surface area (Å²) in [5.41, 5.74) is 2.64. The van der Waals surface area contributed by atoms with Gasteiger partial charge in [-0.05, 0) is 19.1 Å². The predicted molar refractivity (Wildman–Crippen MR) is 61.8 cm³/mol. The normalized spacial score (nSPS) is 21.2. The number of nitrogens with two attached hydrogens (primary N) is 1. The van der Waals surface area contributed by atoms with Crippen LogP contribution < -0.4 is 11.3 Å². The molecule has 1 atom stereocenters. The highest BCUT2D eigenvalue weighted by molar-refractivity contribution is 6.39. The van der Waals surface area contributed by atoms with E-state index in [9.17, 15) is 4.79 Å². The molecule has 0 amide bonds. The van der Waals surface area contributed by atoms with Crippen LogP contribution in [0.2, 0.25) is 5.02 Å². The Morgan fingerprint density at radius 3 is 2.31 bits per heavy atom. The van der Waals surface area contributed by atoms with Crippen molar-refractivity contribution in [3.8, 4) is 0 Å². The third-order valence-corrected chi connectivity index (χ3v) is 2.07. The molecular weight excluding hydrogens is 230 g/mol. The number of hydroxylamine groups is 1. The topological polar surface area (TPSA) is 76.7 Å². The Hall–Kier alpha value is -1.59. The minimum absolute atomic E-state index is 0.192. The summed E-state index contributed by atoms with van der Waals surface area (Å²) in [6.07, 6.45) is 0. The summed E-state index contributed by atoms with van der Waals surface area (Å²) in [5.74, 6) is 4.37. The van der Waals surface area contributed by atoms with Gasteiger partial charge < -0.3 is 10.7 Å². The summed E-state index contributed by atoms with van der Waals surface area (Å²) in [4.78, 5) is 14.9. The number of hydrazone groups is 1. The molecule has 1 unspecified atom stereocenters. The molecule has 1 aliphatic rings. The van der Waals surface area contributed by atoms with Crippen LogP contribution in [0, 0.1) is 0 Å². The average molecular weight is 242 g/mol. The lowest BCUT2D eigenvalue weighted by Crippen LogP contribution is -2.24. The fourth-order valence-electron chi connectivity index (χ4n) is 1.01. The highest BCUT2D eigenvalue weighted by Crippen LogP contribution is 2.03. The van der Waals surface area contributed by atoms with E-state index in [1.807, 2.05) is 30.3 Å². The Morgan fingerprint density at radius 1 is 1.44 bits per heavy atom. The minimum Gasteiger partial charge on any atom is -0.365 e. The summed E-state index contributed by atoms with van der Waals surface area (Å²) in [6.45, 7) is 1.73. The van der Waals surface area contributed by atoms with Crippen LogP contribution in [0.5, 0.6) is 0 Å². The lowest BCUT2D eigenvalue weighted by atomic mass is 10.2. The second kappa shape index (κ2) is 6.09. The van der Waals surface area contributed by atoms with E-state index in [1.165, 1.54) is 0 Å². The maximum Gasteiger partial charge on any atom is 0.374 e. The largest absolute Gasteiger partial charge is 0.374 e. The van der Waals surface area contributed by atoms with Gasteiger partial charge in [0.1, 0.15) is 0 Å². The van der Waals surface area contributed by atoms with Gasteiger partial charge in [-0.15, -0.1) is 5.48 Å². The lowest BCUT2D eigenvalue weighted by Gasteiger charge is -1.93. The van der Waals surface area contributed by atoms with Crippen molar-refractivity contribution in [3.05, 3.63) is 35.4 Å². The second-order valence-electron chi connectivity index (χ2n) is 3.04. The number of rotatable bonds is 0. The highest BCUT2D eigenvalue weighted by atomic mass is 35.5. The molecule has 1 heterocycles. The summed E-state index contributed by atoms with van der Waals surface area (Å²) in [5, 5.41) is 4.02. The number of carbonyl (C=O) groups excluding carboxylic acids is 1. The molecule has 0 saturated carbocycles. The van der Waals surface area contributed by atoms with Crippen LogP contribution >= 0.6 is 11.6 Å². The van der Waals surface area contributed by atoms with E-state index in [1.54, 1.807) is 6.92 Å². The number of hydrogen-bond donors (Lipinski definition) is 2. The van der Waals surface area contributed by atoms with Gasteiger partial charge in [-0.25, -0.2) is 4.79 Å². The molecular formula is C10H12ClN3O2. The molecule has 2 rings (SSSR count). The number of carbonyl (C=O) groups is 1. The van der Waals surface area contributed by atoms with Crippen LogP contribution in [-0.2, 0) is 9.63 Å². The van der Waals surface area contributed by atoms with Gasteiger partial charge in [-0.1, -0.05) is 29.8 Å². The van der Waals surface area contributed by atoms with Gasteiger partial charge in [0.15, 0.2) is 5.71 Å².